The summed E-state index contributed by atoms with van der Waals surface area (Å²) in [6.45, 7) is 0.472. The van der Waals surface area contributed by atoms with Gasteiger partial charge in [-0.2, -0.15) is 18.2 Å². The van der Waals surface area contributed by atoms with Gasteiger partial charge in [0, 0.05) is 30.1 Å². The van der Waals surface area contributed by atoms with E-state index in [1.54, 1.807) is 0 Å². The molecule has 156 valence electrons. The van der Waals surface area contributed by atoms with Gasteiger partial charge in [0.2, 0.25) is 17.6 Å². The minimum Gasteiger partial charge on any atom is -0.339 e. The number of carbonyl (C=O) groups excluding carboxylic acids is 1. The van der Waals surface area contributed by atoms with Crippen molar-refractivity contribution >= 4 is 17.5 Å². The van der Waals surface area contributed by atoms with Crippen LogP contribution in [0.2, 0.25) is 5.02 Å². The normalized spacial score (nSPS) is 17.0. The van der Waals surface area contributed by atoms with Crippen molar-refractivity contribution in [2.24, 2.45) is 0 Å². The summed E-state index contributed by atoms with van der Waals surface area (Å²) in [7, 11) is 0. The zero-order chi connectivity index (χ0) is 21.5. The van der Waals surface area contributed by atoms with Gasteiger partial charge >= 0.3 is 6.18 Å². The van der Waals surface area contributed by atoms with Crippen molar-refractivity contribution in [1.82, 2.24) is 15.0 Å². The number of rotatable bonds is 4. The molecule has 4 rings (SSSR count). The lowest BCUT2D eigenvalue weighted by molar-refractivity contribution is -0.137. The average Bonchev–Trinajstić information content (AvgIpc) is 3.31. The van der Waals surface area contributed by atoms with Gasteiger partial charge in [-0.15, -0.1) is 0 Å². The number of alkyl halides is 3. The highest BCUT2D eigenvalue weighted by atomic mass is 35.5. The largest absolute Gasteiger partial charge is 0.416 e. The maximum absolute atomic E-state index is 13.2. The number of likely N-dealkylation sites (tertiary alicyclic amines) is 1. The summed E-state index contributed by atoms with van der Waals surface area (Å²) in [5.41, 5.74) is -0.0499. The molecular weight excluding hydrogens is 426 g/mol. The van der Waals surface area contributed by atoms with Crippen molar-refractivity contribution in [3.05, 3.63) is 70.3 Å². The number of aromatic nitrogens is 2. The topological polar surface area (TPSA) is 59.2 Å². The van der Waals surface area contributed by atoms with E-state index in [4.69, 9.17) is 16.1 Å². The zero-order valence-corrected chi connectivity index (χ0v) is 16.0. The molecule has 0 radical (unpaired) electrons. The van der Waals surface area contributed by atoms with Crippen LogP contribution in [0.15, 0.2) is 47.0 Å². The van der Waals surface area contributed by atoms with Gasteiger partial charge in [0.1, 0.15) is 5.82 Å². The average molecular weight is 440 g/mol. The lowest BCUT2D eigenvalue weighted by atomic mass is 10.1. The Balaban J connectivity index is 1.50. The van der Waals surface area contributed by atoms with E-state index in [0.717, 1.165) is 12.1 Å². The molecule has 0 saturated carbocycles. The minimum atomic E-state index is -4.48. The number of nitrogens with zero attached hydrogens (tertiary/aromatic N) is 3. The first-order valence-corrected chi connectivity index (χ1v) is 9.31. The Hall–Kier alpha value is -2.94. The molecule has 1 amide bonds. The molecule has 2 aromatic carbocycles. The highest BCUT2D eigenvalue weighted by Gasteiger charge is 2.35. The summed E-state index contributed by atoms with van der Waals surface area (Å²) in [6, 6.07) is 8.56. The third kappa shape index (κ3) is 4.16. The van der Waals surface area contributed by atoms with Crippen LogP contribution >= 0.6 is 11.6 Å². The van der Waals surface area contributed by atoms with E-state index in [1.165, 1.54) is 35.2 Å². The number of carbonyl (C=O) groups is 1. The van der Waals surface area contributed by atoms with Crippen molar-refractivity contribution in [1.29, 1.82) is 0 Å². The number of benzene rings is 2. The monoisotopic (exact) mass is 439 g/mol. The summed E-state index contributed by atoms with van der Waals surface area (Å²) in [4.78, 5) is 18.1. The van der Waals surface area contributed by atoms with Crippen LogP contribution in [-0.2, 0) is 17.5 Å². The Morgan fingerprint density at radius 3 is 2.73 bits per heavy atom. The molecule has 0 N–H and O–H groups in total. The van der Waals surface area contributed by atoms with E-state index < -0.39 is 23.5 Å². The van der Waals surface area contributed by atoms with Crippen LogP contribution in [0.5, 0.6) is 0 Å². The van der Waals surface area contributed by atoms with Crippen LogP contribution in [0.25, 0.3) is 11.4 Å². The Morgan fingerprint density at radius 1 is 1.20 bits per heavy atom. The van der Waals surface area contributed by atoms with Crippen molar-refractivity contribution in [3.8, 4) is 11.4 Å². The summed E-state index contributed by atoms with van der Waals surface area (Å²) in [6.07, 6.45) is -4.37. The van der Waals surface area contributed by atoms with Gasteiger partial charge in [0.25, 0.3) is 0 Å². The molecule has 5 nitrogen and oxygen atoms in total. The van der Waals surface area contributed by atoms with Gasteiger partial charge < -0.3 is 9.42 Å². The minimum absolute atomic E-state index is 0.0172. The molecule has 2 heterocycles. The van der Waals surface area contributed by atoms with Crippen LogP contribution in [0.1, 0.15) is 29.4 Å². The molecule has 1 saturated heterocycles. The number of hydrogen-bond donors (Lipinski definition) is 0. The van der Waals surface area contributed by atoms with E-state index in [9.17, 15) is 22.4 Å². The first-order chi connectivity index (χ1) is 14.2. The molecule has 0 bridgehead atoms. The van der Waals surface area contributed by atoms with Crippen molar-refractivity contribution < 1.29 is 26.9 Å². The van der Waals surface area contributed by atoms with Crippen LogP contribution in [0, 0.1) is 5.82 Å². The van der Waals surface area contributed by atoms with Crippen LogP contribution in [0.3, 0.4) is 0 Å². The lowest BCUT2D eigenvalue weighted by Crippen LogP contribution is -2.24. The summed E-state index contributed by atoms with van der Waals surface area (Å²) in [5.74, 6) is -0.850. The van der Waals surface area contributed by atoms with E-state index in [1.807, 2.05) is 0 Å². The molecule has 1 unspecified atom stereocenters. The fraction of sp³-hybridized carbons (Fsp3) is 0.250. The molecule has 1 atom stereocenters. The quantitative estimate of drug-likeness (QED) is 0.533. The summed E-state index contributed by atoms with van der Waals surface area (Å²) < 4.78 is 57.2. The van der Waals surface area contributed by atoms with E-state index in [0.29, 0.717) is 5.56 Å². The third-order valence-corrected chi connectivity index (χ3v) is 5.18. The molecule has 10 heteroatoms. The van der Waals surface area contributed by atoms with Crippen LogP contribution < -0.4 is 0 Å². The van der Waals surface area contributed by atoms with Gasteiger partial charge in [0.15, 0.2) is 0 Å². The predicted octanol–water partition coefficient (Wildman–Crippen LogP) is 5.06. The highest BCUT2D eigenvalue weighted by Crippen LogP contribution is 2.33. The van der Waals surface area contributed by atoms with E-state index >= 15 is 0 Å². The van der Waals surface area contributed by atoms with Gasteiger partial charge in [0.05, 0.1) is 11.5 Å². The predicted molar refractivity (Wildman–Crippen MR) is 98.9 cm³/mol. The fourth-order valence-corrected chi connectivity index (χ4v) is 3.53. The maximum atomic E-state index is 13.2. The second-order valence-electron chi connectivity index (χ2n) is 6.95. The van der Waals surface area contributed by atoms with Gasteiger partial charge in [-0.3, -0.25) is 4.79 Å². The fourth-order valence-electron chi connectivity index (χ4n) is 3.30. The van der Waals surface area contributed by atoms with Gasteiger partial charge in [-0.1, -0.05) is 35.0 Å². The second kappa shape index (κ2) is 7.71. The van der Waals surface area contributed by atoms with Crippen molar-refractivity contribution in [2.45, 2.75) is 25.1 Å². The summed E-state index contributed by atoms with van der Waals surface area (Å²) >= 11 is 6.03. The van der Waals surface area contributed by atoms with Crippen molar-refractivity contribution in [2.75, 3.05) is 6.54 Å². The molecule has 1 fully saturated rings. The Morgan fingerprint density at radius 2 is 2.00 bits per heavy atom. The first kappa shape index (κ1) is 20.3. The Kier molecular flexibility index (Phi) is 5.23. The summed E-state index contributed by atoms with van der Waals surface area (Å²) in [5, 5.41) is 3.98. The third-order valence-electron chi connectivity index (χ3n) is 4.83. The maximum Gasteiger partial charge on any atom is 0.416 e. The number of amides is 1. The Bertz CT molecular complexity index is 1100. The van der Waals surface area contributed by atoms with Gasteiger partial charge in [-0.25, -0.2) is 4.39 Å². The first-order valence-electron chi connectivity index (χ1n) is 8.93. The smallest absolute Gasteiger partial charge is 0.339 e. The Labute approximate surface area is 173 Å². The molecule has 30 heavy (non-hydrogen) atoms. The van der Waals surface area contributed by atoms with E-state index in [-0.39, 0.29) is 47.7 Å². The van der Waals surface area contributed by atoms with Gasteiger partial charge in [-0.05, 0) is 29.8 Å². The molecule has 0 aliphatic carbocycles. The number of hydrogen-bond acceptors (Lipinski definition) is 4. The second-order valence-corrected chi connectivity index (χ2v) is 7.35. The van der Waals surface area contributed by atoms with Crippen LogP contribution in [0.4, 0.5) is 17.6 Å². The molecule has 0 spiro atoms. The SMILES string of the molecule is O=C1CC(c2nc(-c3cccc(C(F)(F)F)c3)no2)CN1Cc1ccc(F)cc1Cl. The number of halogens is 5. The van der Waals surface area contributed by atoms with Crippen LogP contribution in [-0.4, -0.2) is 27.5 Å². The standard InChI is InChI=1S/C20H14ClF4N3O2/c21-16-8-15(22)5-4-12(16)9-28-10-13(7-17(28)29)19-26-18(27-30-19)11-2-1-3-14(6-11)20(23,24)25/h1-6,8,13H,7,9-10H2. The zero-order valence-electron chi connectivity index (χ0n) is 15.3. The van der Waals surface area contributed by atoms with Crippen molar-refractivity contribution in [3.63, 3.8) is 0 Å². The van der Waals surface area contributed by atoms with E-state index in [2.05, 4.69) is 10.1 Å². The molecule has 3 aromatic rings. The molecule has 1 aromatic heterocycles. The lowest BCUT2D eigenvalue weighted by Gasteiger charge is -2.17. The highest BCUT2D eigenvalue weighted by molar-refractivity contribution is 6.31. The molecule has 1 aliphatic heterocycles. The molecular formula is C20H14ClF4N3O2. The molecule has 1 aliphatic rings.